The maximum Gasteiger partial charge on any atom is 0.332 e. The Bertz CT molecular complexity index is 1110. The molecule has 0 aromatic heterocycles. The molecule has 4 atom stereocenters. The van der Waals surface area contributed by atoms with Crippen LogP contribution < -0.4 is 10.2 Å². The Hall–Kier alpha value is -2.90. The van der Waals surface area contributed by atoms with E-state index in [1.165, 1.54) is 4.90 Å². The molecule has 8 heteroatoms. The van der Waals surface area contributed by atoms with Crippen LogP contribution >= 0.6 is 11.6 Å². The largest absolute Gasteiger partial charge is 0.363 e. The van der Waals surface area contributed by atoms with Crippen molar-refractivity contribution >= 4 is 35.1 Å². The molecule has 3 aliphatic rings. The summed E-state index contributed by atoms with van der Waals surface area (Å²) < 4.78 is 6.23. The molecule has 2 aromatic carbocycles. The van der Waals surface area contributed by atoms with E-state index in [1.54, 1.807) is 23.1 Å². The zero-order valence-corrected chi connectivity index (χ0v) is 19.8. The zero-order chi connectivity index (χ0) is 23.8. The zero-order valence-electron chi connectivity index (χ0n) is 19.1. The monoisotopic (exact) mass is 481 g/mol. The van der Waals surface area contributed by atoms with Gasteiger partial charge in [0.2, 0.25) is 5.91 Å². The van der Waals surface area contributed by atoms with Gasteiger partial charge in [-0.05, 0) is 43.5 Å². The Morgan fingerprint density at radius 1 is 1.09 bits per heavy atom. The van der Waals surface area contributed by atoms with Crippen molar-refractivity contribution in [2.24, 2.45) is 5.92 Å². The highest BCUT2D eigenvalue weighted by Crippen LogP contribution is 2.43. The molecule has 4 amide bonds. The van der Waals surface area contributed by atoms with Gasteiger partial charge in [-0.15, -0.1) is 0 Å². The Morgan fingerprint density at radius 2 is 1.82 bits per heavy atom. The Kier molecular flexibility index (Phi) is 6.32. The average Bonchev–Trinajstić information content (AvgIpc) is 3.22. The van der Waals surface area contributed by atoms with Crippen molar-refractivity contribution in [2.45, 2.75) is 57.4 Å². The molecule has 1 N–H and O–H groups in total. The summed E-state index contributed by atoms with van der Waals surface area (Å²) >= 11 is 6.21. The number of halogens is 1. The van der Waals surface area contributed by atoms with Crippen molar-refractivity contribution in [3.8, 4) is 0 Å². The van der Waals surface area contributed by atoms with E-state index in [0.29, 0.717) is 10.7 Å². The summed E-state index contributed by atoms with van der Waals surface area (Å²) in [5, 5.41) is 3.44. The number of anilines is 1. The van der Waals surface area contributed by atoms with E-state index in [9.17, 15) is 14.4 Å². The lowest BCUT2D eigenvalue weighted by molar-refractivity contribution is -0.134. The number of urea groups is 1. The van der Waals surface area contributed by atoms with E-state index in [0.717, 1.165) is 36.8 Å². The second-order valence-corrected chi connectivity index (χ2v) is 9.73. The lowest BCUT2D eigenvalue weighted by Gasteiger charge is -2.42. The molecule has 0 radical (unpaired) electrons. The highest BCUT2D eigenvalue weighted by molar-refractivity contribution is 6.31. The van der Waals surface area contributed by atoms with E-state index >= 15 is 0 Å². The van der Waals surface area contributed by atoms with Crippen molar-refractivity contribution in [2.75, 3.05) is 11.4 Å². The summed E-state index contributed by atoms with van der Waals surface area (Å²) in [4.78, 5) is 42.8. The summed E-state index contributed by atoms with van der Waals surface area (Å²) in [5.41, 5.74) is 2.31. The first-order valence-corrected chi connectivity index (χ1v) is 12.2. The number of aryl methyl sites for hydroxylation is 1. The van der Waals surface area contributed by atoms with Gasteiger partial charge >= 0.3 is 6.03 Å². The molecule has 5 rings (SSSR count). The molecule has 3 fully saturated rings. The summed E-state index contributed by atoms with van der Waals surface area (Å²) in [7, 11) is 0. The third-order valence-corrected chi connectivity index (χ3v) is 7.49. The summed E-state index contributed by atoms with van der Waals surface area (Å²) in [6.45, 7) is 2.06. The van der Waals surface area contributed by atoms with Gasteiger partial charge in [0.05, 0.1) is 17.8 Å². The van der Waals surface area contributed by atoms with Crippen LogP contribution in [0.5, 0.6) is 0 Å². The number of imide groups is 1. The molecule has 2 saturated heterocycles. The third-order valence-electron chi connectivity index (χ3n) is 7.12. The molecule has 1 aliphatic carbocycles. The van der Waals surface area contributed by atoms with Gasteiger partial charge in [0.25, 0.3) is 5.91 Å². The van der Waals surface area contributed by atoms with E-state index in [-0.39, 0.29) is 36.9 Å². The number of hydrogen-bond donors (Lipinski definition) is 1. The van der Waals surface area contributed by atoms with Crippen LogP contribution in [0.4, 0.5) is 10.5 Å². The maximum absolute atomic E-state index is 13.7. The fourth-order valence-electron chi connectivity index (χ4n) is 5.41. The average molecular weight is 482 g/mol. The highest BCUT2D eigenvalue weighted by Gasteiger charge is 2.58. The molecule has 2 aromatic rings. The van der Waals surface area contributed by atoms with Crippen molar-refractivity contribution in [3.63, 3.8) is 0 Å². The van der Waals surface area contributed by atoms with Gasteiger partial charge < -0.3 is 15.0 Å². The van der Waals surface area contributed by atoms with Crippen LogP contribution in [0.25, 0.3) is 0 Å². The SMILES string of the molecule is Cc1ccc(N2C(=O)C3OC4CCCCC4C3N(CC(=O)NCc3ccccc3Cl)C2=O)cc1. The lowest BCUT2D eigenvalue weighted by Crippen LogP contribution is -2.66. The van der Waals surface area contributed by atoms with Crippen molar-refractivity contribution < 1.29 is 19.1 Å². The summed E-state index contributed by atoms with van der Waals surface area (Å²) in [5.74, 6) is -0.589. The lowest BCUT2D eigenvalue weighted by atomic mass is 9.81. The molecule has 2 aliphatic heterocycles. The van der Waals surface area contributed by atoms with E-state index in [1.807, 2.05) is 37.3 Å². The molecule has 178 valence electrons. The maximum atomic E-state index is 13.7. The fraction of sp³-hybridized carbons (Fsp3) is 0.423. The third kappa shape index (κ3) is 4.18. The molecule has 34 heavy (non-hydrogen) atoms. The number of nitrogens with one attached hydrogen (secondary N) is 1. The predicted octanol–water partition coefficient (Wildman–Crippen LogP) is 4.06. The Morgan fingerprint density at radius 3 is 2.59 bits per heavy atom. The van der Waals surface area contributed by atoms with Crippen molar-refractivity contribution in [3.05, 3.63) is 64.7 Å². The first-order valence-electron chi connectivity index (χ1n) is 11.8. The fourth-order valence-corrected chi connectivity index (χ4v) is 5.61. The van der Waals surface area contributed by atoms with Gasteiger partial charge in [-0.25, -0.2) is 9.69 Å². The number of carbonyl (C=O) groups excluding carboxylic acids is 3. The van der Waals surface area contributed by atoms with Crippen molar-refractivity contribution in [1.82, 2.24) is 10.2 Å². The first-order chi connectivity index (χ1) is 16.4. The summed E-state index contributed by atoms with van der Waals surface area (Å²) in [6.07, 6.45) is 3.01. The Balaban J connectivity index is 1.41. The Labute approximate surface area is 204 Å². The second kappa shape index (κ2) is 9.39. The molecular weight excluding hydrogens is 454 g/mol. The highest BCUT2D eigenvalue weighted by atomic mass is 35.5. The number of ether oxygens (including phenoxy) is 1. The van der Waals surface area contributed by atoms with E-state index in [4.69, 9.17) is 16.3 Å². The van der Waals surface area contributed by atoms with E-state index in [2.05, 4.69) is 5.32 Å². The van der Waals surface area contributed by atoms with Crippen LogP contribution in [0.1, 0.15) is 36.8 Å². The quantitative estimate of drug-likeness (QED) is 0.698. The second-order valence-electron chi connectivity index (χ2n) is 9.32. The minimum atomic E-state index is -0.761. The number of carbonyl (C=O) groups is 3. The number of nitrogens with zero attached hydrogens (tertiary/aromatic N) is 2. The minimum Gasteiger partial charge on any atom is -0.363 e. The van der Waals surface area contributed by atoms with Gasteiger partial charge in [0.15, 0.2) is 6.10 Å². The molecule has 0 bridgehead atoms. The van der Waals surface area contributed by atoms with Crippen LogP contribution in [0.2, 0.25) is 5.02 Å². The molecule has 1 saturated carbocycles. The van der Waals surface area contributed by atoms with Gasteiger partial charge in [-0.2, -0.15) is 0 Å². The van der Waals surface area contributed by atoms with Gasteiger partial charge in [-0.3, -0.25) is 9.59 Å². The van der Waals surface area contributed by atoms with Crippen LogP contribution in [0.3, 0.4) is 0 Å². The first kappa shape index (κ1) is 22.9. The van der Waals surface area contributed by atoms with Gasteiger partial charge in [-0.1, -0.05) is 60.3 Å². The molecule has 0 spiro atoms. The van der Waals surface area contributed by atoms with Crippen LogP contribution in [0.15, 0.2) is 48.5 Å². The van der Waals surface area contributed by atoms with Gasteiger partial charge in [0, 0.05) is 17.5 Å². The molecule has 7 nitrogen and oxygen atoms in total. The number of hydrogen-bond acceptors (Lipinski definition) is 4. The number of rotatable bonds is 5. The normalized spacial score (nSPS) is 26.3. The molecular formula is C26H28ClN3O4. The number of benzene rings is 2. The topological polar surface area (TPSA) is 79.0 Å². The van der Waals surface area contributed by atoms with Crippen LogP contribution in [-0.2, 0) is 20.9 Å². The van der Waals surface area contributed by atoms with Gasteiger partial charge in [0.1, 0.15) is 6.54 Å². The molecule has 4 unspecified atom stereocenters. The van der Waals surface area contributed by atoms with Crippen LogP contribution in [0, 0.1) is 12.8 Å². The number of fused-ring (bicyclic) bond motifs is 3. The van der Waals surface area contributed by atoms with E-state index < -0.39 is 18.2 Å². The minimum absolute atomic E-state index is 0.0585. The van der Waals surface area contributed by atoms with Crippen LogP contribution in [-0.4, -0.2) is 47.5 Å². The predicted molar refractivity (Wildman–Crippen MR) is 128 cm³/mol. The van der Waals surface area contributed by atoms with Crippen molar-refractivity contribution in [1.29, 1.82) is 0 Å². The summed E-state index contributed by atoms with van der Waals surface area (Å²) in [6, 6.07) is 13.6. The smallest absolute Gasteiger partial charge is 0.332 e. The molecule has 2 heterocycles. The standard InChI is InChI=1S/C26H28ClN3O4/c1-16-10-12-18(13-11-16)30-25(32)24-23(19-7-3-5-9-21(19)34-24)29(26(30)33)15-22(31)28-14-17-6-2-4-8-20(17)27/h2,4,6,8,10-13,19,21,23-24H,3,5,7,9,14-15H2,1H3,(H,28,31). The number of amides is 4.